The van der Waals surface area contributed by atoms with E-state index in [1.165, 1.54) is 17.8 Å². The number of hydrogen-bond acceptors (Lipinski definition) is 5. The second-order valence-corrected chi connectivity index (χ2v) is 6.45. The van der Waals surface area contributed by atoms with Gasteiger partial charge in [-0.25, -0.2) is 0 Å². The van der Waals surface area contributed by atoms with Crippen LogP contribution >= 0.6 is 11.3 Å². The number of aromatic nitrogens is 1. The molecule has 1 fully saturated rings. The summed E-state index contributed by atoms with van der Waals surface area (Å²) in [4.78, 5) is 26.9. The molecule has 0 spiro atoms. The maximum atomic E-state index is 12.0. The van der Waals surface area contributed by atoms with Crippen molar-refractivity contribution in [2.24, 2.45) is 0 Å². The third kappa shape index (κ3) is 3.98. The van der Waals surface area contributed by atoms with Gasteiger partial charge in [-0.3, -0.25) is 9.59 Å². The third-order valence-electron chi connectivity index (χ3n) is 3.84. The fourth-order valence-electron chi connectivity index (χ4n) is 2.59. The molecule has 3 rings (SSSR count). The molecule has 7 heteroatoms. The molecular weight excluding hydrogens is 314 g/mol. The summed E-state index contributed by atoms with van der Waals surface area (Å²) in [6.07, 6.45) is 3.66. The summed E-state index contributed by atoms with van der Waals surface area (Å²) in [7, 11) is 0. The minimum atomic E-state index is -0.317. The summed E-state index contributed by atoms with van der Waals surface area (Å²) in [5.74, 6) is 0.363. The molecule has 1 aliphatic heterocycles. The van der Waals surface area contributed by atoms with Gasteiger partial charge in [0, 0.05) is 32.1 Å². The molecule has 0 radical (unpaired) electrons. The summed E-state index contributed by atoms with van der Waals surface area (Å²) < 4.78 is 5.18. The molecule has 2 amide bonds. The molecule has 0 bridgehead atoms. The van der Waals surface area contributed by atoms with Crippen LogP contribution in [0.2, 0.25) is 0 Å². The van der Waals surface area contributed by atoms with Crippen molar-refractivity contribution >= 4 is 23.2 Å². The second-order valence-electron chi connectivity index (χ2n) is 5.50. The van der Waals surface area contributed by atoms with E-state index in [0.29, 0.717) is 18.7 Å². The van der Waals surface area contributed by atoms with E-state index in [9.17, 15) is 9.59 Å². The van der Waals surface area contributed by atoms with Gasteiger partial charge in [-0.1, -0.05) is 11.2 Å². The van der Waals surface area contributed by atoms with Crippen molar-refractivity contribution in [3.05, 3.63) is 29.3 Å². The standard InChI is InChI=1S/C16H19N3O3S/c20-15(19-8-2-1-3-9-19)6-7-17-16(21)12-11-13(22-18-12)14-5-4-10-23-14/h4-5,10-11H,1-3,6-9H2,(H,17,21). The molecule has 1 saturated heterocycles. The molecule has 0 aromatic carbocycles. The van der Waals surface area contributed by atoms with Gasteiger partial charge in [0.2, 0.25) is 5.91 Å². The summed E-state index contributed by atoms with van der Waals surface area (Å²) in [5.41, 5.74) is 0.235. The quantitative estimate of drug-likeness (QED) is 0.912. The zero-order valence-electron chi connectivity index (χ0n) is 12.8. The number of nitrogens with one attached hydrogen (secondary N) is 1. The van der Waals surface area contributed by atoms with Crippen LogP contribution in [0.15, 0.2) is 28.1 Å². The van der Waals surface area contributed by atoms with Crippen molar-refractivity contribution in [3.8, 4) is 10.6 Å². The molecular formula is C16H19N3O3S. The summed E-state index contributed by atoms with van der Waals surface area (Å²) in [6.45, 7) is 1.98. The van der Waals surface area contributed by atoms with Crippen molar-refractivity contribution in [2.75, 3.05) is 19.6 Å². The monoisotopic (exact) mass is 333 g/mol. The van der Waals surface area contributed by atoms with Crippen LogP contribution in [0.1, 0.15) is 36.2 Å². The first kappa shape index (κ1) is 15.7. The van der Waals surface area contributed by atoms with E-state index >= 15 is 0 Å². The van der Waals surface area contributed by atoms with Crippen LogP contribution in [0.25, 0.3) is 10.6 Å². The van der Waals surface area contributed by atoms with Crippen LogP contribution in [0.5, 0.6) is 0 Å². The van der Waals surface area contributed by atoms with Crippen LogP contribution < -0.4 is 5.32 Å². The molecule has 122 valence electrons. The number of thiophene rings is 1. The lowest BCUT2D eigenvalue weighted by Crippen LogP contribution is -2.37. The van der Waals surface area contributed by atoms with Gasteiger partial charge in [0.15, 0.2) is 11.5 Å². The lowest BCUT2D eigenvalue weighted by molar-refractivity contribution is -0.131. The van der Waals surface area contributed by atoms with E-state index in [2.05, 4.69) is 10.5 Å². The Morgan fingerprint density at radius 1 is 1.30 bits per heavy atom. The average Bonchev–Trinajstić information content (AvgIpc) is 3.26. The topological polar surface area (TPSA) is 75.4 Å². The van der Waals surface area contributed by atoms with E-state index in [0.717, 1.165) is 30.8 Å². The highest BCUT2D eigenvalue weighted by Gasteiger charge is 2.17. The minimum absolute atomic E-state index is 0.101. The van der Waals surface area contributed by atoms with Crippen molar-refractivity contribution in [1.82, 2.24) is 15.4 Å². The normalized spacial score (nSPS) is 14.7. The Bertz CT molecular complexity index is 660. The molecule has 6 nitrogen and oxygen atoms in total. The fourth-order valence-corrected chi connectivity index (χ4v) is 3.27. The van der Waals surface area contributed by atoms with Gasteiger partial charge in [0.1, 0.15) is 0 Å². The highest BCUT2D eigenvalue weighted by Crippen LogP contribution is 2.25. The maximum Gasteiger partial charge on any atom is 0.273 e. The average molecular weight is 333 g/mol. The van der Waals surface area contributed by atoms with Crippen molar-refractivity contribution < 1.29 is 14.1 Å². The van der Waals surface area contributed by atoms with Gasteiger partial charge in [0.25, 0.3) is 5.91 Å². The lowest BCUT2D eigenvalue weighted by atomic mass is 10.1. The fraction of sp³-hybridized carbons (Fsp3) is 0.438. The number of nitrogens with zero attached hydrogens (tertiary/aromatic N) is 2. The van der Waals surface area contributed by atoms with E-state index in [4.69, 9.17) is 4.52 Å². The second kappa shape index (κ2) is 7.41. The Morgan fingerprint density at radius 3 is 2.87 bits per heavy atom. The van der Waals surface area contributed by atoms with Gasteiger partial charge in [-0.15, -0.1) is 11.3 Å². The number of piperidine rings is 1. The lowest BCUT2D eigenvalue weighted by Gasteiger charge is -2.26. The van der Waals surface area contributed by atoms with E-state index in [1.54, 1.807) is 6.07 Å². The van der Waals surface area contributed by atoms with Gasteiger partial charge < -0.3 is 14.7 Å². The molecule has 0 atom stereocenters. The Balaban J connectivity index is 1.47. The van der Waals surface area contributed by atoms with Gasteiger partial charge in [-0.2, -0.15) is 0 Å². The largest absolute Gasteiger partial charge is 0.355 e. The summed E-state index contributed by atoms with van der Waals surface area (Å²) in [5, 5.41) is 8.44. The SMILES string of the molecule is O=C(NCCC(=O)N1CCCCC1)c1cc(-c2cccs2)on1. The first-order chi connectivity index (χ1) is 11.2. The highest BCUT2D eigenvalue weighted by atomic mass is 32.1. The van der Waals surface area contributed by atoms with Gasteiger partial charge in [-0.05, 0) is 30.7 Å². The molecule has 0 aliphatic carbocycles. The van der Waals surface area contributed by atoms with E-state index in [-0.39, 0.29) is 17.5 Å². The van der Waals surface area contributed by atoms with E-state index < -0.39 is 0 Å². The smallest absolute Gasteiger partial charge is 0.273 e. The Hall–Kier alpha value is -2.15. The Kier molecular flexibility index (Phi) is 5.07. The van der Waals surface area contributed by atoms with Crippen LogP contribution in [0, 0.1) is 0 Å². The zero-order chi connectivity index (χ0) is 16.1. The number of hydrogen-bond donors (Lipinski definition) is 1. The zero-order valence-corrected chi connectivity index (χ0v) is 13.6. The molecule has 2 aromatic rings. The first-order valence-corrected chi connectivity index (χ1v) is 8.68. The molecule has 1 N–H and O–H groups in total. The van der Waals surface area contributed by atoms with Crippen LogP contribution in [-0.4, -0.2) is 41.5 Å². The molecule has 1 aliphatic rings. The Labute approximate surface area is 138 Å². The maximum absolute atomic E-state index is 12.0. The number of carbonyl (C=O) groups is 2. The third-order valence-corrected chi connectivity index (χ3v) is 4.72. The molecule has 2 aromatic heterocycles. The summed E-state index contributed by atoms with van der Waals surface area (Å²) >= 11 is 1.52. The van der Waals surface area contributed by atoms with Gasteiger partial charge >= 0.3 is 0 Å². The molecule has 23 heavy (non-hydrogen) atoms. The minimum Gasteiger partial charge on any atom is -0.355 e. The van der Waals surface area contributed by atoms with Crippen LogP contribution in [0.4, 0.5) is 0 Å². The van der Waals surface area contributed by atoms with Crippen molar-refractivity contribution in [3.63, 3.8) is 0 Å². The highest BCUT2D eigenvalue weighted by molar-refractivity contribution is 7.13. The molecule has 0 unspecified atom stereocenters. The number of rotatable bonds is 5. The molecule has 0 saturated carbocycles. The van der Waals surface area contributed by atoms with Gasteiger partial charge in [0.05, 0.1) is 4.88 Å². The number of amides is 2. The van der Waals surface area contributed by atoms with Crippen LogP contribution in [0.3, 0.4) is 0 Å². The van der Waals surface area contributed by atoms with Crippen LogP contribution in [-0.2, 0) is 4.79 Å². The Morgan fingerprint density at radius 2 is 2.13 bits per heavy atom. The van der Waals surface area contributed by atoms with E-state index in [1.807, 2.05) is 22.4 Å². The van der Waals surface area contributed by atoms with Crippen molar-refractivity contribution in [2.45, 2.75) is 25.7 Å². The summed E-state index contributed by atoms with van der Waals surface area (Å²) in [6, 6.07) is 5.44. The predicted octanol–water partition coefficient (Wildman–Crippen LogP) is 2.54. The number of likely N-dealkylation sites (tertiary alicyclic amines) is 1. The van der Waals surface area contributed by atoms with Crippen molar-refractivity contribution in [1.29, 1.82) is 0 Å². The number of carbonyl (C=O) groups excluding carboxylic acids is 2. The molecule has 3 heterocycles. The first-order valence-electron chi connectivity index (χ1n) is 7.80. The predicted molar refractivity (Wildman–Crippen MR) is 87.2 cm³/mol.